The molecule has 4 aliphatic rings. The molecule has 0 radical (unpaired) electrons. The first-order valence-corrected chi connectivity index (χ1v) is 15.6. The lowest BCUT2D eigenvalue weighted by molar-refractivity contribution is 0.0849. The molecule has 0 saturated heterocycles. The van der Waals surface area contributed by atoms with Crippen molar-refractivity contribution in [1.82, 2.24) is 20.4 Å². The van der Waals surface area contributed by atoms with Gasteiger partial charge in [-0.15, -0.1) is 0 Å². The van der Waals surface area contributed by atoms with Gasteiger partial charge in [0.2, 0.25) is 0 Å². The summed E-state index contributed by atoms with van der Waals surface area (Å²) >= 11 is 0. The van der Waals surface area contributed by atoms with Crippen LogP contribution in [0.25, 0.3) is 12.2 Å². The van der Waals surface area contributed by atoms with E-state index < -0.39 is 0 Å². The van der Waals surface area contributed by atoms with Crippen LogP contribution in [0, 0.1) is 11.8 Å². The smallest absolute Gasteiger partial charge is 0.186 e. The van der Waals surface area contributed by atoms with Crippen molar-refractivity contribution in [3.63, 3.8) is 0 Å². The number of allylic oxidation sites excluding steroid dienone is 2. The molecule has 0 aliphatic heterocycles. The summed E-state index contributed by atoms with van der Waals surface area (Å²) in [6.07, 6.45) is 15.6. The third-order valence-electron chi connectivity index (χ3n) is 9.85. The van der Waals surface area contributed by atoms with Crippen LogP contribution in [0.2, 0.25) is 0 Å². The van der Waals surface area contributed by atoms with Crippen molar-refractivity contribution in [3.05, 3.63) is 118 Å². The summed E-state index contributed by atoms with van der Waals surface area (Å²) in [5.41, 5.74) is 7.94. The zero-order chi connectivity index (χ0) is 29.6. The zero-order valence-electron chi connectivity index (χ0n) is 24.9. The van der Waals surface area contributed by atoms with Crippen LogP contribution < -0.4 is 0 Å². The maximum absolute atomic E-state index is 12.5. The van der Waals surface area contributed by atoms with Crippen molar-refractivity contribution in [3.8, 4) is 0 Å². The first kappa shape index (κ1) is 27.5. The van der Waals surface area contributed by atoms with E-state index in [1.807, 2.05) is 12.1 Å². The highest BCUT2D eigenvalue weighted by Crippen LogP contribution is 2.39. The predicted molar refractivity (Wildman–Crippen MR) is 169 cm³/mol. The number of Topliss-reactive ketones (excluding diaryl/α,β-unsaturated/α-hetero) is 2. The van der Waals surface area contributed by atoms with Gasteiger partial charge < -0.3 is 0 Å². The van der Waals surface area contributed by atoms with Crippen LogP contribution in [0.3, 0.4) is 0 Å². The highest BCUT2D eigenvalue weighted by molar-refractivity contribution is 6.01. The maximum Gasteiger partial charge on any atom is 0.186 e. The molecular weight excluding hydrogens is 532 g/mol. The Morgan fingerprint density at radius 2 is 1.07 bits per heavy atom. The van der Waals surface area contributed by atoms with Gasteiger partial charge in [-0.2, -0.15) is 10.2 Å². The van der Waals surface area contributed by atoms with Crippen molar-refractivity contribution in [2.75, 3.05) is 0 Å². The predicted octanol–water partition coefficient (Wildman–Crippen LogP) is 7.45. The average Bonchev–Trinajstić information content (AvgIpc) is 3.65. The average molecular weight is 571 g/mol. The SMILES string of the molecule is CC1(c2ccccc2)C=Cc2c(C(=O)C3CC3)n[nH]c2C1.CC1(c2ccccc2)C=Cc2c(C(=O)C3CCC3)n[nH]c2C1. The fraction of sp³-hybridized carbons (Fsp3) is 0.351. The lowest BCUT2D eigenvalue weighted by Crippen LogP contribution is -2.26. The van der Waals surface area contributed by atoms with Crippen molar-refractivity contribution in [2.45, 2.75) is 69.6 Å². The monoisotopic (exact) mass is 570 g/mol. The quantitative estimate of drug-likeness (QED) is 0.236. The van der Waals surface area contributed by atoms with E-state index in [1.165, 1.54) is 17.5 Å². The van der Waals surface area contributed by atoms with E-state index in [9.17, 15) is 9.59 Å². The van der Waals surface area contributed by atoms with Crippen molar-refractivity contribution in [1.29, 1.82) is 0 Å². The third-order valence-corrected chi connectivity index (χ3v) is 9.85. The number of carbonyl (C=O) groups excluding carboxylic acids is 2. The summed E-state index contributed by atoms with van der Waals surface area (Å²) in [6.45, 7) is 4.46. The van der Waals surface area contributed by atoms with Crippen LogP contribution in [0.1, 0.15) is 101 Å². The van der Waals surface area contributed by atoms with Crippen molar-refractivity contribution in [2.24, 2.45) is 11.8 Å². The van der Waals surface area contributed by atoms with Gasteiger partial charge >= 0.3 is 0 Å². The van der Waals surface area contributed by atoms with E-state index >= 15 is 0 Å². The summed E-state index contributed by atoms with van der Waals surface area (Å²) in [4.78, 5) is 24.7. The molecule has 2 atom stereocenters. The Labute approximate surface area is 252 Å². The molecule has 4 aliphatic carbocycles. The number of fused-ring (bicyclic) bond motifs is 2. The van der Waals surface area contributed by atoms with Gasteiger partial charge in [0.1, 0.15) is 11.4 Å². The first-order chi connectivity index (χ1) is 20.8. The Hall–Kier alpha value is -4.32. The number of hydrogen-bond acceptors (Lipinski definition) is 4. The maximum atomic E-state index is 12.5. The molecule has 43 heavy (non-hydrogen) atoms. The fourth-order valence-electron chi connectivity index (χ4n) is 6.60. The van der Waals surface area contributed by atoms with Gasteiger partial charge in [0, 0.05) is 58.0 Å². The normalized spacial score (nSPS) is 23.9. The Bertz CT molecular complexity index is 1720. The molecule has 0 amide bonds. The molecular formula is C37H38N4O2. The third kappa shape index (κ3) is 5.13. The van der Waals surface area contributed by atoms with Crippen LogP contribution in [-0.2, 0) is 23.7 Å². The molecule has 0 spiro atoms. The molecule has 2 fully saturated rings. The van der Waals surface area contributed by atoms with Crippen LogP contribution in [0.15, 0.2) is 72.8 Å². The number of aromatic amines is 2. The molecule has 2 N–H and O–H groups in total. The topological polar surface area (TPSA) is 91.5 Å². The molecule has 2 aromatic carbocycles. The van der Waals surface area contributed by atoms with E-state index in [-0.39, 0.29) is 34.2 Å². The summed E-state index contributed by atoms with van der Waals surface area (Å²) in [7, 11) is 0. The summed E-state index contributed by atoms with van der Waals surface area (Å²) in [5, 5.41) is 14.8. The minimum absolute atomic E-state index is 0.0410. The second-order valence-corrected chi connectivity index (χ2v) is 13.1. The Balaban J connectivity index is 0.000000140. The molecule has 6 heteroatoms. The number of nitrogens with one attached hydrogen (secondary N) is 2. The number of hydrogen-bond donors (Lipinski definition) is 2. The lowest BCUT2D eigenvalue weighted by Gasteiger charge is -2.29. The van der Waals surface area contributed by atoms with Crippen molar-refractivity contribution < 1.29 is 9.59 Å². The summed E-state index contributed by atoms with van der Waals surface area (Å²) < 4.78 is 0. The minimum atomic E-state index is -0.0441. The number of benzene rings is 2. The molecule has 2 heterocycles. The van der Waals surface area contributed by atoms with Gasteiger partial charge in [0.05, 0.1) is 0 Å². The van der Waals surface area contributed by atoms with E-state index in [0.29, 0.717) is 11.4 Å². The molecule has 218 valence electrons. The van der Waals surface area contributed by atoms with E-state index in [1.54, 1.807) is 0 Å². The Morgan fingerprint density at radius 3 is 1.44 bits per heavy atom. The largest absolute Gasteiger partial charge is 0.292 e. The number of carbonyl (C=O) groups is 2. The number of aromatic nitrogens is 4. The lowest BCUT2D eigenvalue weighted by atomic mass is 9.74. The van der Waals surface area contributed by atoms with Crippen LogP contribution in [0.5, 0.6) is 0 Å². The highest BCUT2D eigenvalue weighted by Gasteiger charge is 2.37. The summed E-state index contributed by atoms with van der Waals surface area (Å²) in [6, 6.07) is 21.0. The van der Waals surface area contributed by atoms with Crippen molar-refractivity contribution >= 4 is 23.7 Å². The molecule has 4 aromatic rings. The molecule has 2 aromatic heterocycles. The zero-order valence-corrected chi connectivity index (χ0v) is 24.9. The molecule has 8 rings (SSSR count). The number of rotatable bonds is 6. The second-order valence-electron chi connectivity index (χ2n) is 13.1. The first-order valence-electron chi connectivity index (χ1n) is 15.6. The number of ketones is 2. The molecule has 0 bridgehead atoms. The number of H-pyrrole nitrogens is 2. The van der Waals surface area contributed by atoms with Gasteiger partial charge in [-0.3, -0.25) is 19.8 Å². The molecule has 2 unspecified atom stereocenters. The summed E-state index contributed by atoms with van der Waals surface area (Å²) in [5.74, 6) is 0.841. The Kier molecular flexibility index (Phi) is 6.88. The van der Waals surface area contributed by atoms with Gasteiger partial charge in [0.15, 0.2) is 11.6 Å². The van der Waals surface area contributed by atoms with Gasteiger partial charge in [0.25, 0.3) is 0 Å². The highest BCUT2D eigenvalue weighted by atomic mass is 16.1. The van der Waals surface area contributed by atoms with E-state index in [0.717, 1.165) is 61.0 Å². The number of nitrogens with zero attached hydrogens (tertiary/aromatic N) is 2. The van der Waals surface area contributed by atoms with E-state index in [2.05, 4.69) is 107 Å². The second kappa shape index (κ2) is 10.7. The molecule has 2 saturated carbocycles. The van der Waals surface area contributed by atoms with Gasteiger partial charge in [-0.25, -0.2) is 0 Å². The van der Waals surface area contributed by atoms with Gasteiger partial charge in [-0.05, 0) is 36.8 Å². The minimum Gasteiger partial charge on any atom is -0.292 e. The van der Waals surface area contributed by atoms with Crippen LogP contribution >= 0.6 is 0 Å². The van der Waals surface area contributed by atoms with Gasteiger partial charge in [-0.1, -0.05) is 105 Å². The van der Waals surface area contributed by atoms with E-state index in [4.69, 9.17) is 0 Å². The standard InChI is InChI=1S/C19H20N2O.C18H18N2O/c1-19(14-8-3-2-4-9-14)11-10-15-16(12-19)20-21-17(15)18(22)13-6-5-7-13;1-18(13-5-3-2-4-6-13)10-9-14-15(11-18)19-20-16(14)17(21)12-7-8-12/h2-4,8-11,13H,5-7,12H2,1H3,(H,20,21);2-6,9-10,12H,7-8,11H2,1H3,(H,19,20). The molecule has 6 nitrogen and oxygen atoms in total. The van der Waals surface area contributed by atoms with Crippen LogP contribution in [-0.4, -0.2) is 32.0 Å². The fourth-order valence-corrected chi connectivity index (χ4v) is 6.60. The van der Waals surface area contributed by atoms with Crippen LogP contribution in [0.4, 0.5) is 0 Å². The Morgan fingerprint density at radius 1 is 0.651 bits per heavy atom.